The number of hydrogen-bond acceptors (Lipinski definition) is 4. The van der Waals surface area contributed by atoms with E-state index in [0.29, 0.717) is 5.69 Å². The standard InChI is InChI=1S/C15H20N2O4/c1-10-2-3-11(15(19)20)8-13(10)17-14(18)9-21-12-4-6-16-7-5-12/h2-3,8,12,16H,4-7,9H2,1H3,(H,17,18)(H,19,20). The largest absolute Gasteiger partial charge is 0.478 e. The number of carboxylic acids is 1. The molecule has 1 aromatic rings. The summed E-state index contributed by atoms with van der Waals surface area (Å²) in [5, 5.41) is 14.9. The summed E-state index contributed by atoms with van der Waals surface area (Å²) in [5.74, 6) is -1.28. The highest BCUT2D eigenvalue weighted by Crippen LogP contribution is 2.17. The first-order chi connectivity index (χ1) is 10.1. The number of ether oxygens (including phenoxy) is 1. The zero-order valence-corrected chi connectivity index (χ0v) is 12.0. The van der Waals surface area contributed by atoms with Gasteiger partial charge in [-0.1, -0.05) is 6.07 Å². The number of carbonyl (C=O) groups excluding carboxylic acids is 1. The van der Waals surface area contributed by atoms with E-state index in [-0.39, 0.29) is 24.2 Å². The van der Waals surface area contributed by atoms with E-state index in [1.54, 1.807) is 6.07 Å². The molecule has 1 aromatic carbocycles. The number of piperidine rings is 1. The van der Waals surface area contributed by atoms with E-state index >= 15 is 0 Å². The van der Waals surface area contributed by atoms with Gasteiger partial charge in [-0.15, -0.1) is 0 Å². The van der Waals surface area contributed by atoms with Crippen LogP contribution in [0.1, 0.15) is 28.8 Å². The molecule has 1 aliphatic rings. The topological polar surface area (TPSA) is 87.7 Å². The van der Waals surface area contributed by atoms with E-state index < -0.39 is 5.97 Å². The molecule has 1 amide bonds. The van der Waals surface area contributed by atoms with Crippen LogP contribution in [0.5, 0.6) is 0 Å². The van der Waals surface area contributed by atoms with E-state index in [2.05, 4.69) is 10.6 Å². The molecule has 6 heteroatoms. The zero-order valence-electron chi connectivity index (χ0n) is 12.0. The molecular formula is C15H20N2O4. The highest BCUT2D eigenvalue weighted by atomic mass is 16.5. The first-order valence-electron chi connectivity index (χ1n) is 7.02. The SMILES string of the molecule is Cc1ccc(C(=O)O)cc1NC(=O)COC1CCNCC1. The second kappa shape index (κ2) is 7.19. The van der Waals surface area contributed by atoms with Crippen LogP contribution < -0.4 is 10.6 Å². The van der Waals surface area contributed by atoms with Crippen LogP contribution in [0.4, 0.5) is 5.69 Å². The van der Waals surface area contributed by atoms with Crippen LogP contribution in [0.15, 0.2) is 18.2 Å². The van der Waals surface area contributed by atoms with Crippen molar-refractivity contribution in [3.8, 4) is 0 Å². The number of aromatic carboxylic acids is 1. The van der Waals surface area contributed by atoms with Gasteiger partial charge in [0.1, 0.15) is 6.61 Å². The molecule has 1 saturated heterocycles. The van der Waals surface area contributed by atoms with Gasteiger partial charge in [0.25, 0.3) is 0 Å². The summed E-state index contributed by atoms with van der Waals surface area (Å²) in [6.45, 7) is 3.62. The lowest BCUT2D eigenvalue weighted by molar-refractivity contribution is -0.123. The van der Waals surface area contributed by atoms with Gasteiger partial charge >= 0.3 is 5.97 Å². The number of anilines is 1. The van der Waals surface area contributed by atoms with Gasteiger partial charge in [0.15, 0.2) is 0 Å². The Bertz CT molecular complexity index is 524. The Morgan fingerprint density at radius 1 is 1.38 bits per heavy atom. The summed E-state index contributed by atoms with van der Waals surface area (Å²) in [4.78, 5) is 22.8. The van der Waals surface area contributed by atoms with Crippen molar-refractivity contribution in [3.63, 3.8) is 0 Å². The maximum atomic E-state index is 11.9. The van der Waals surface area contributed by atoms with Crippen molar-refractivity contribution in [3.05, 3.63) is 29.3 Å². The molecule has 0 spiro atoms. The number of carbonyl (C=O) groups is 2. The number of carboxylic acid groups (broad SMARTS) is 1. The molecule has 0 aromatic heterocycles. The van der Waals surface area contributed by atoms with Crippen LogP contribution in [0.25, 0.3) is 0 Å². The van der Waals surface area contributed by atoms with Gasteiger partial charge in [-0.05, 0) is 50.6 Å². The predicted molar refractivity (Wildman–Crippen MR) is 78.6 cm³/mol. The first kappa shape index (κ1) is 15.5. The summed E-state index contributed by atoms with van der Waals surface area (Å²) >= 11 is 0. The van der Waals surface area contributed by atoms with Crippen molar-refractivity contribution in [2.45, 2.75) is 25.9 Å². The number of rotatable bonds is 5. The quantitative estimate of drug-likeness (QED) is 0.763. The molecule has 3 N–H and O–H groups in total. The summed E-state index contributed by atoms with van der Waals surface area (Å²) in [6, 6.07) is 4.64. The highest BCUT2D eigenvalue weighted by Gasteiger charge is 2.15. The summed E-state index contributed by atoms with van der Waals surface area (Å²) < 4.78 is 5.57. The molecule has 0 aliphatic carbocycles. The number of nitrogens with one attached hydrogen (secondary N) is 2. The van der Waals surface area contributed by atoms with Crippen molar-refractivity contribution in [1.82, 2.24) is 5.32 Å². The molecule has 0 unspecified atom stereocenters. The lowest BCUT2D eigenvalue weighted by Gasteiger charge is -2.22. The number of benzene rings is 1. The van der Waals surface area contributed by atoms with Gasteiger partial charge in [0.2, 0.25) is 5.91 Å². The third-order valence-corrected chi connectivity index (χ3v) is 3.49. The molecule has 0 atom stereocenters. The molecule has 21 heavy (non-hydrogen) atoms. The minimum atomic E-state index is -1.02. The number of aryl methyl sites for hydroxylation is 1. The van der Waals surface area contributed by atoms with Gasteiger partial charge in [0.05, 0.1) is 11.7 Å². The molecule has 114 valence electrons. The van der Waals surface area contributed by atoms with Crippen molar-refractivity contribution < 1.29 is 19.4 Å². The molecule has 1 fully saturated rings. The normalized spacial score (nSPS) is 15.7. The summed E-state index contributed by atoms with van der Waals surface area (Å²) in [7, 11) is 0. The fourth-order valence-corrected chi connectivity index (χ4v) is 2.23. The Morgan fingerprint density at radius 3 is 2.76 bits per heavy atom. The summed E-state index contributed by atoms with van der Waals surface area (Å²) in [5.41, 5.74) is 1.47. The van der Waals surface area contributed by atoms with Crippen molar-refractivity contribution in [2.75, 3.05) is 25.0 Å². The van der Waals surface area contributed by atoms with Gasteiger partial charge in [-0.3, -0.25) is 4.79 Å². The Labute approximate surface area is 123 Å². The van der Waals surface area contributed by atoms with E-state index in [1.165, 1.54) is 12.1 Å². The lowest BCUT2D eigenvalue weighted by Crippen LogP contribution is -2.34. The van der Waals surface area contributed by atoms with Crippen LogP contribution in [-0.4, -0.2) is 42.8 Å². The van der Waals surface area contributed by atoms with Gasteiger partial charge in [0, 0.05) is 5.69 Å². The van der Waals surface area contributed by atoms with Gasteiger partial charge in [-0.2, -0.15) is 0 Å². The lowest BCUT2D eigenvalue weighted by atomic mass is 10.1. The van der Waals surface area contributed by atoms with Crippen LogP contribution in [0.2, 0.25) is 0 Å². The molecular weight excluding hydrogens is 272 g/mol. The molecule has 2 rings (SSSR count). The van der Waals surface area contributed by atoms with Crippen LogP contribution in [0.3, 0.4) is 0 Å². The third-order valence-electron chi connectivity index (χ3n) is 3.49. The Balaban J connectivity index is 1.89. The highest BCUT2D eigenvalue weighted by molar-refractivity contribution is 5.95. The van der Waals surface area contributed by atoms with E-state index in [9.17, 15) is 9.59 Å². The maximum Gasteiger partial charge on any atom is 0.335 e. The second-order valence-corrected chi connectivity index (χ2v) is 5.14. The Kier molecular flexibility index (Phi) is 5.30. The van der Waals surface area contributed by atoms with Crippen LogP contribution in [0, 0.1) is 6.92 Å². The minimum absolute atomic E-state index is 0.0125. The Hall–Kier alpha value is -1.92. The molecule has 0 saturated carbocycles. The molecule has 0 radical (unpaired) electrons. The fraction of sp³-hybridized carbons (Fsp3) is 0.467. The van der Waals surface area contributed by atoms with Crippen molar-refractivity contribution in [2.24, 2.45) is 0 Å². The van der Waals surface area contributed by atoms with Crippen LogP contribution in [-0.2, 0) is 9.53 Å². The summed E-state index contributed by atoms with van der Waals surface area (Å²) in [6.07, 6.45) is 1.92. The third kappa shape index (κ3) is 4.54. The van der Waals surface area contributed by atoms with E-state index in [4.69, 9.17) is 9.84 Å². The number of hydrogen-bond donors (Lipinski definition) is 3. The molecule has 1 aliphatic heterocycles. The smallest absolute Gasteiger partial charge is 0.335 e. The number of amides is 1. The average molecular weight is 292 g/mol. The van der Waals surface area contributed by atoms with E-state index in [0.717, 1.165) is 31.5 Å². The second-order valence-electron chi connectivity index (χ2n) is 5.14. The molecule has 6 nitrogen and oxygen atoms in total. The monoisotopic (exact) mass is 292 g/mol. The van der Waals surface area contributed by atoms with Crippen LogP contribution >= 0.6 is 0 Å². The predicted octanol–water partition coefficient (Wildman–Crippen LogP) is 1.40. The van der Waals surface area contributed by atoms with Gasteiger partial charge in [-0.25, -0.2) is 4.79 Å². The Morgan fingerprint density at radius 2 is 2.10 bits per heavy atom. The van der Waals surface area contributed by atoms with E-state index in [1.807, 2.05) is 6.92 Å². The van der Waals surface area contributed by atoms with Crippen molar-refractivity contribution in [1.29, 1.82) is 0 Å². The van der Waals surface area contributed by atoms with Gasteiger partial charge < -0.3 is 20.5 Å². The zero-order chi connectivity index (χ0) is 15.2. The first-order valence-corrected chi connectivity index (χ1v) is 7.02. The van der Waals surface area contributed by atoms with Crippen molar-refractivity contribution >= 4 is 17.6 Å². The maximum absolute atomic E-state index is 11.9. The average Bonchev–Trinajstić information content (AvgIpc) is 2.48. The molecule has 0 bridgehead atoms. The molecule has 1 heterocycles. The fourth-order valence-electron chi connectivity index (χ4n) is 2.23. The minimum Gasteiger partial charge on any atom is -0.478 e.